The summed E-state index contributed by atoms with van der Waals surface area (Å²) in [6, 6.07) is 8.50. The maximum absolute atomic E-state index is 13.4. The van der Waals surface area contributed by atoms with Gasteiger partial charge >= 0.3 is 0 Å². The Morgan fingerprint density at radius 2 is 1.71 bits per heavy atom. The number of methoxy groups -OCH3 is 2. The van der Waals surface area contributed by atoms with Gasteiger partial charge in [-0.25, -0.2) is 4.39 Å². The largest absolute Gasteiger partial charge is 0.493 e. The molecule has 0 saturated heterocycles. The monoisotopic (exact) mass is 372 g/mol. The number of benzene rings is 2. The van der Waals surface area contributed by atoms with Crippen LogP contribution in [0.1, 0.15) is 21.5 Å². The molecule has 1 atom stereocenters. The molecule has 2 nitrogen and oxygen atoms in total. The Labute approximate surface area is 137 Å². The second kappa shape index (κ2) is 6.67. The van der Waals surface area contributed by atoms with E-state index in [-0.39, 0.29) is 10.6 Å². The Kier molecular flexibility index (Phi) is 5.12. The van der Waals surface area contributed by atoms with Gasteiger partial charge in [0.05, 0.1) is 19.0 Å². The molecule has 21 heavy (non-hydrogen) atoms. The molecule has 0 amide bonds. The van der Waals surface area contributed by atoms with E-state index in [1.165, 1.54) is 6.07 Å². The van der Waals surface area contributed by atoms with Gasteiger partial charge in [-0.05, 0) is 35.7 Å². The number of alkyl halides is 1. The maximum atomic E-state index is 13.4. The van der Waals surface area contributed by atoms with Crippen LogP contribution >= 0.6 is 27.5 Å². The molecule has 0 aliphatic rings. The molecule has 0 fully saturated rings. The van der Waals surface area contributed by atoms with Crippen molar-refractivity contribution in [2.24, 2.45) is 0 Å². The average molecular weight is 374 g/mol. The molecule has 2 aromatic carbocycles. The summed E-state index contributed by atoms with van der Waals surface area (Å²) in [4.78, 5) is -0.163. The summed E-state index contributed by atoms with van der Waals surface area (Å²) in [6.45, 7) is 1.73. The molecule has 0 aromatic heterocycles. The lowest BCUT2D eigenvalue weighted by atomic mass is 10.0. The highest BCUT2D eigenvalue weighted by atomic mass is 79.9. The van der Waals surface area contributed by atoms with E-state index in [1.807, 2.05) is 6.07 Å². The minimum Gasteiger partial charge on any atom is -0.493 e. The predicted octanol–water partition coefficient (Wildman–Crippen LogP) is 5.29. The summed E-state index contributed by atoms with van der Waals surface area (Å²) in [6.07, 6.45) is 0. The van der Waals surface area contributed by atoms with Crippen LogP contribution in [0.25, 0.3) is 0 Å². The highest BCUT2D eigenvalue weighted by Gasteiger charge is 2.18. The van der Waals surface area contributed by atoms with Gasteiger partial charge in [-0.1, -0.05) is 39.7 Å². The zero-order valence-electron chi connectivity index (χ0n) is 11.9. The van der Waals surface area contributed by atoms with Gasteiger partial charge in [0.1, 0.15) is 5.82 Å². The highest BCUT2D eigenvalue weighted by molar-refractivity contribution is 9.09. The van der Waals surface area contributed by atoms with E-state index in [1.54, 1.807) is 39.3 Å². The van der Waals surface area contributed by atoms with E-state index in [9.17, 15) is 4.39 Å². The van der Waals surface area contributed by atoms with Crippen molar-refractivity contribution in [1.82, 2.24) is 0 Å². The maximum Gasteiger partial charge on any atom is 0.162 e. The van der Waals surface area contributed by atoms with E-state index in [4.69, 9.17) is 21.1 Å². The second-order valence-electron chi connectivity index (χ2n) is 4.60. The fraction of sp³-hybridized carbons (Fsp3) is 0.250. The summed E-state index contributed by atoms with van der Waals surface area (Å²) in [5.74, 6) is 0.943. The van der Waals surface area contributed by atoms with Gasteiger partial charge < -0.3 is 9.47 Å². The van der Waals surface area contributed by atoms with E-state index >= 15 is 0 Å². The smallest absolute Gasteiger partial charge is 0.162 e. The molecule has 112 valence electrons. The first kappa shape index (κ1) is 16.1. The number of aryl methyl sites for hydroxylation is 1. The van der Waals surface area contributed by atoms with Gasteiger partial charge in [-0.2, -0.15) is 0 Å². The number of rotatable bonds is 4. The van der Waals surface area contributed by atoms with Crippen LogP contribution in [-0.4, -0.2) is 14.2 Å². The van der Waals surface area contributed by atoms with Crippen molar-refractivity contribution >= 4 is 27.5 Å². The molecule has 2 aromatic rings. The number of ether oxygens (including phenoxy) is 2. The lowest BCUT2D eigenvalue weighted by Gasteiger charge is -2.16. The van der Waals surface area contributed by atoms with Crippen molar-refractivity contribution in [2.75, 3.05) is 14.2 Å². The van der Waals surface area contributed by atoms with Crippen molar-refractivity contribution in [2.45, 2.75) is 11.8 Å². The lowest BCUT2D eigenvalue weighted by molar-refractivity contribution is 0.354. The zero-order valence-corrected chi connectivity index (χ0v) is 14.3. The number of hydrogen-bond donors (Lipinski definition) is 0. The Bertz CT molecular complexity index is 661. The van der Waals surface area contributed by atoms with Crippen LogP contribution in [0.4, 0.5) is 4.39 Å². The molecular weight excluding hydrogens is 359 g/mol. The number of hydrogen-bond acceptors (Lipinski definition) is 2. The lowest BCUT2D eigenvalue weighted by Crippen LogP contribution is -1.98. The molecule has 0 aliphatic carbocycles. The first-order valence-electron chi connectivity index (χ1n) is 6.29. The Hall–Kier alpha value is -1.26. The third kappa shape index (κ3) is 3.33. The zero-order chi connectivity index (χ0) is 15.6. The fourth-order valence-electron chi connectivity index (χ4n) is 2.07. The molecule has 1 unspecified atom stereocenters. The second-order valence-corrected chi connectivity index (χ2v) is 5.92. The summed E-state index contributed by atoms with van der Waals surface area (Å²) < 4.78 is 23.9. The van der Waals surface area contributed by atoms with E-state index in [2.05, 4.69) is 15.9 Å². The van der Waals surface area contributed by atoms with Crippen LogP contribution in [-0.2, 0) is 0 Å². The number of halogens is 3. The van der Waals surface area contributed by atoms with Crippen molar-refractivity contribution in [1.29, 1.82) is 0 Å². The highest BCUT2D eigenvalue weighted by Crippen LogP contribution is 2.41. The van der Waals surface area contributed by atoms with Crippen molar-refractivity contribution < 1.29 is 13.9 Å². The normalized spacial score (nSPS) is 12.1. The van der Waals surface area contributed by atoms with Crippen LogP contribution in [0.15, 0.2) is 30.3 Å². The third-order valence-corrected chi connectivity index (χ3v) is 4.60. The molecule has 0 spiro atoms. The summed E-state index contributed by atoms with van der Waals surface area (Å²) in [7, 11) is 3.13. The van der Waals surface area contributed by atoms with Crippen LogP contribution < -0.4 is 9.47 Å². The summed E-state index contributed by atoms with van der Waals surface area (Å²) in [5.41, 5.74) is 2.34. The molecule has 5 heteroatoms. The van der Waals surface area contributed by atoms with Crippen LogP contribution in [0.3, 0.4) is 0 Å². The van der Waals surface area contributed by atoms with Crippen molar-refractivity contribution in [3.05, 3.63) is 57.9 Å². The van der Waals surface area contributed by atoms with Gasteiger partial charge in [-0.3, -0.25) is 0 Å². The third-order valence-electron chi connectivity index (χ3n) is 3.25. The summed E-state index contributed by atoms with van der Waals surface area (Å²) in [5, 5.41) is 0.552. The molecule has 0 N–H and O–H groups in total. The molecule has 0 bridgehead atoms. The molecule has 0 saturated carbocycles. The molecule has 2 rings (SSSR count). The fourth-order valence-corrected chi connectivity index (χ4v) is 3.13. The first-order valence-corrected chi connectivity index (χ1v) is 7.58. The van der Waals surface area contributed by atoms with Gasteiger partial charge in [0.25, 0.3) is 0 Å². The Balaban J connectivity index is 2.47. The van der Waals surface area contributed by atoms with Gasteiger partial charge in [0.2, 0.25) is 0 Å². The van der Waals surface area contributed by atoms with E-state index < -0.39 is 0 Å². The van der Waals surface area contributed by atoms with Gasteiger partial charge in [0.15, 0.2) is 11.5 Å². The van der Waals surface area contributed by atoms with Gasteiger partial charge in [0, 0.05) is 11.1 Å². The van der Waals surface area contributed by atoms with E-state index in [0.29, 0.717) is 22.1 Å². The minimum absolute atomic E-state index is 0.163. The Morgan fingerprint density at radius 3 is 2.29 bits per heavy atom. The predicted molar refractivity (Wildman–Crippen MR) is 86.5 cm³/mol. The SMILES string of the molecule is COc1cc(Cl)c(C(Br)c2ccc(F)c(C)c2)cc1OC. The van der Waals surface area contributed by atoms with Gasteiger partial charge in [-0.15, -0.1) is 0 Å². The Morgan fingerprint density at radius 1 is 1.10 bits per heavy atom. The molecule has 0 aliphatic heterocycles. The molecular formula is C16H15BrClFO2. The average Bonchev–Trinajstić information content (AvgIpc) is 2.49. The molecule has 0 radical (unpaired) electrons. The standard InChI is InChI=1S/C16H15BrClFO2/c1-9-6-10(4-5-13(9)19)16(17)11-7-14(20-2)15(21-3)8-12(11)18/h4-8,16H,1-3H3. The first-order chi connectivity index (χ1) is 9.97. The van der Waals surface area contributed by atoms with Crippen molar-refractivity contribution in [3.8, 4) is 11.5 Å². The van der Waals surface area contributed by atoms with Crippen LogP contribution in [0.5, 0.6) is 11.5 Å². The van der Waals surface area contributed by atoms with E-state index in [0.717, 1.165) is 11.1 Å². The minimum atomic E-state index is -0.225. The van der Waals surface area contributed by atoms with Crippen LogP contribution in [0.2, 0.25) is 5.02 Å². The molecule has 0 heterocycles. The topological polar surface area (TPSA) is 18.5 Å². The van der Waals surface area contributed by atoms with Crippen LogP contribution in [0, 0.1) is 12.7 Å². The quantitative estimate of drug-likeness (QED) is 0.678. The summed E-state index contributed by atoms with van der Waals surface area (Å²) >= 11 is 9.92. The van der Waals surface area contributed by atoms with Crippen molar-refractivity contribution in [3.63, 3.8) is 0 Å².